The summed E-state index contributed by atoms with van der Waals surface area (Å²) in [6.07, 6.45) is 0. The van der Waals surface area contributed by atoms with Gasteiger partial charge in [-0.05, 0) is 36.8 Å². The lowest BCUT2D eigenvalue weighted by atomic mass is 10.2. The van der Waals surface area contributed by atoms with Crippen LogP contribution in [-0.4, -0.2) is 31.1 Å². The Morgan fingerprint density at radius 2 is 1.90 bits per heavy atom. The summed E-state index contributed by atoms with van der Waals surface area (Å²) in [6, 6.07) is 17.1. The molecule has 0 saturated heterocycles. The summed E-state index contributed by atoms with van der Waals surface area (Å²) < 4.78 is 5.64. The smallest absolute Gasteiger partial charge is 0.321 e. The zero-order valence-corrected chi connectivity index (χ0v) is 12.4. The molecule has 0 aliphatic heterocycles. The van der Waals surface area contributed by atoms with Crippen LogP contribution in [-0.2, 0) is 0 Å². The summed E-state index contributed by atoms with van der Waals surface area (Å²) in [5.74, 6) is 0.826. The number of anilines is 1. The number of carbonyl (C=O) groups is 1. The lowest BCUT2D eigenvalue weighted by Gasteiger charge is -2.18. The molecule has 4 heteroatoms. The predicted molar refractivity (Wildman–Crippen MR) is 84.8 cm³/mol. The molecule has 0 aromatic heterocycles. The van der Waals surface area contributed by atoms with E-state index < -0.39 is 0 Å². The highest BCUT2D eigenvalue weighted by Gasteiger charge is 2.08. The van der Waals surface area contributed by atoms with Crippen LogP contribution in [0.1, 0.15) is 5.56 Å². The van der Waals surface area contributed by atoms with E-state index >= 15 is 0 Å². The van der Waals surface area contributed by atoms with Crippen molar-refractivity contribution in [3.05, 3.63) is 60.2 Å². The number of nitrogens with zero attached hydrogens (tertiary/aromatic N) is 1. The first kappa shape index (κ1) is 14.9. The van der Waals surface area contributed by atoms with Gasteiger partial charge >= 0.3 is 6.03 Å². The average molecular weight is 284 g/mol. The van der Waals surface area contributed by atoms with Crippen molar-refractivity contribution in [3.8, 4) is 5.75 Å². The molecule has 0 saturated carbocycles. The second-order valence-electron chi connectivity index (χ2n) is 4.88. The lowest BCUT2D eigenvalue weighted by molar-refractivity contribution is 0.207. The Morgan fingerprint density at radius 1 is 1.14 bits per heavy atom. The molecule has 0 heterocycles. The van der Waals surface area contributed by atoms with Crippen LogP contribution in [0.4, 0.5) is 10.5 Å². The number of amides is 2. The summed E-state index contributed by atoms with van der Waals surface area (Å²) in [7, 11) is 1.75. The molecule has 0 aliphatic rings. The molecule has 0 unspecified atom stereocenters. The van der Waals surface area contributed by atoms with Crippen molar-refractivity contribution in [1.29, 1.82) is 0 Å². The van der Waals surface area contributed by atoms with Gasteiger partial charge in [0, 0.05) is 12.7 Å². The monoisotopic (exact) mass is 284 g/mol. The first-order valence-electron chi connectivity index (χ1n) is 6.92. The fraction of sp³-hybridized carbons (Fsp3) is 0.235. The lowest BCUT2D eigenvalue weighted by Crippen LogP contribution is -2.34. The Hall–Kier alpha value is -2.49. The Kier molecular flexibility index (Phi) is 5.21. The zero-order valence-electron chi connectivity index (χ0n) is 12.4. The van der Waals surface area contributed by atoms with Gasteiger partial charge in [-0.3, -0.25) is 0 Å². The van der Waals surface area contributed by atoms with E-state index in [1.165, 1.54) is 0 Å². The van der Waals surface area contributed by atoms with Crippen LogP contribution in [0.5, 0.6) is 5.75 Å². The molecule has 1 N–H and O–H groups in total. The third-order valence-corrected chi connectivity index (χ3v) is 3.06. The van der Waals surface area contributed by atoms with Crippen molar-refractivity contribution in [2.45, 2.75) is 6.92 Å². The molecule has 2 aromatic rings. The topological polar surface area (TPSA) is 41.6 Å². The van der Waals surface area contributed by atoms with Crippen LogP contribution >= 0.6 is 0 Å². The minimum atomic E-state index is -0.144. The van der Waals surface area contributed by atoms with Gasteiger partial charge in [0.25, 0.3) is 0 Å². The molecule has 0 radical (unpaired) electrons. The van der Waals surface area contributed by atoms with Crippen LogP contribution < -0.4 is 10.1 Å². The maximum atomic E-state index is 12.0. The van der Waals surface area contributed by atoms with E-state index in [9.17, 15) is 4.79 Å². The maximum absolute atomic E-state index is 12.0. The average Bonchev–Trinajstić information content (AvgIpc) is 2.48. The number of benzene rings is 2. The Balaban J connectivity index is 1.76. The van der Waals surface area contributed by atoms with Crippen molar-refractivity contribution in [2.24, 2.45) is 0 Å². The molecule has 0 aliphatic carbocycles. The van der Waals surface area contributed by atoms with Crippen molar-refractivity contribution in [1.82, 2.24) is 4.90 Å². The first-order valence-corrected chi connectivity index (χ1v) is 6.92. The normalized spacial score (nSPS) is 10.0. The zero-order chi connectivity index (χ0) is 15.1. The fourth-order valence-corrected chi connectivity index (χ4v) is 1.85. The Bertz CT molecular complexity index is 584. The van der Waals surface area contributed by atoms with Crippen LogP contribution in [0.2, 0.25) is 0 Å². The number of aryl methyl sites for hydroxylation is 1. The number of hydrogen-bond acceptors (Lipinski definition) is 2. The van der Waals surface area contributed by atoms with Gasteiger partial charge < -0.3 is 15.0 Å². The summed E-state index contributed by atoms with van der Waals surface area (Å²) in [5.41, 5.74) is 1.94. The number of para-hydroxylation sites is 1. The number of likely N-dealkylation sites (N-methyl/N-ethyl adjacent to an activating group) is 1. The molecule has 2 aromatic carbocycles. The van der Waals surface area contributed by atoms with Gasteiger partial charge in [-0.25, -0.2) is 4.79 Å². The van der Waals surface area contributed by atoms with Gasteiger partial charge in [0.05, 0.1) is 6.54 Å². The van der Waals surface area contributed by atoms with Crippen LogP contribution in [0.25, 0.3) is 0 Å². The summed E-state index contributed by atoms with van der Waals surface area (Å²) in [4.78, 5) is 13.6. The van der Waals surface area contributed by atoms with Gasteiger partial charge in [-0.2, -0.15) is 0 Å². The molecular formula is C17H20N2O2. The third-order valence-electron chi connectivity index (χ3n) is 3.06. The standard InChI is InChI=1S/C17H20N2O2/c1-14-7-6-10-16(13-14)21-12-11-19(2)17(20)18-15-8-4-3-5-9-15/h3-10,13H,11-12H2,1-2H3,(H,18,20). The van der Waals surface area contributed by atoms with E-state index in [1.807, 2.05) is 61.5 Å². The SMILES string of the molecule is Cc1cccc(OCCN(C)C(=O)Nc2ccccc2)c1. The fourth-order valence-electron chi connectivity index (χ4n) is 1.85. The molecule has 21 heavy (non-hydrogen) atoms. The van der Waals surface area contributed by atoms with E-state index in [1.54, 1.807) is 11.9 Å². The van der Waals surface area contributed by atoms with Crippen LogP contribution in [0, 0.1) is 6.92 Å². The molecule has 2 rings (SSSR count). The second kappa shape index (κ2) is 7.33. The largest absolute Gasteiger partial charge is 0.492 e. The van der Waals surface area contributed by atoms with Gasteiger partial charge in [0.1, 0.15) is 12.4 Å². The van der Waals surface area contributed by atoms with E-state index in [-0.39, 0.29) is 6.03 Å². The first-order chi connectivity index (χ1) is 10.1. The molecule has 4 nitrogen and oxygen atoms in total. The molecule has 0 spiro atoms. The Morgan fingerprint density at radius 3 is 2.62 bits per heavy atom. The van der Waals surface area contributed by atoms with Gasteiger partial charge in [-0.1, -0.05) is 30.3 Å². The number of urea groups is 1. The highest BCUT2D eigenvalue weighted by atomic mass is 16.5. The minimum absolute atomic E-state index is 0.144. The van der Waals surface area contributed by atoms with Gasteiger partial charge in [-0.15, -0.1) is 0 Å². The van der Waals surface area contributed by atoms with E-state index in [4.69, 9.17) is 4.74 Å². The quantitative estimate of drug-likeness (QED) is 0.912. The van der Waals surface area contributed by atoms with Gasteiger partial charge in [0.15, 0.2) is 0 Å². The summed E-state index contributed by atoms with van der Waals surface area (Å²) in [5, 5.41) is 2.83. The molecule has 0 bridgehead atoms. The number of nitrogens with one attached hydrogen (secondary N) is 1. The van der Waals surface area contributed by atoms with Crippen LogP contribution in [0.3, 0.4) is 0 Å². The maximum Gasteiger partial charge on any atom is 0.321 e. The number of hydrogen-bond donors (Lipinski definition) is 1. The molecular weight excluding hydrogens is 264 g/mol. The number of carbonyl (C=O) groups excluding carboxylic acids is 1. The molecule has 110 valence electrons. The van der Waals surface area contributed by atoms with E-state index in [0.29, 0.717) is 13.2 Å². The Labute approximate surface area is 125 Å². The highest BCUT2D eigenvalue weighted by molar-refractivity contribution is 5.89. The number of rotatable bonds is 5. The van der Waals surface area contributed by atoms with Crippen molar-refractivity contribution in [2.75, 3.05) is 25.5 Å². The summed E-state index contributed by atoms with van der Waals surface area (Å²) >= 11 is 0. The van der Waals surface area contributed by atoms with E-state index in [2.05, 4.69) is 5.32 Å². The van der Waals surface area contributed by atoms with Gasteiger partial charge in [0.2, 0.25) is 0 Å². The minimum Gasteiger partial charge on any atom is -0.492 e. The molecule has 0 atom stereocenters. The van der Waals surface area contributed by atoms with Crippen molar-refractivity contribution >= 4 is 11.7 Å². The van der Waals surface area contributed by atoms with Crippen molar-refractivity contribution < 1.29 is 9.53 Å². The highest BCUT2D eigenvalue weighted by Crippen LogP contribution is 2.12. The summed E-state index contributed by atoms with van der Waals surface area (Å²) in [6.45, 7) is 3.00. The molecule has 0 fully saturated rings. The molecule has 2 amide bonds. The predicted octanol–water partition coefficient (Wildman–Crippen LogP) is 3.54. The third kappa shape index (κ3) is 4.84. The van der Waals surface area contributed by atoms with E-state index in [0.717, 1.165) is 17.0 Å². The van der Waals surface area contributed by atoms with Crippen LogP contribution in [0.15, 0.2) is 54.6 Å². The number of ether oxygens (including phenoxy) is 1. The second-order valence-corrected chi connectivity index (χ2v) is 4.88. The van der Waals surface area contributed by atoms with Crippen molar-refractivity contribution in [3.63, 3.8) is 0 Å².